The number of likely N-dealkylation sites (tertiary alicyclic amines) is 1. The summed E-state index contributed by atoms with van der Waals surface area (Å²) < 4.78 is 12.8. The monoisotopic (exact) mass is 239 g/mol. The summed E-state index contributed by atoms with van der Waals surface area (Å²) in [6.45, 7) is 1.09. The minimum Gasteiger partial charge on any atom is -0.507 e. The molecule has 1 fully saturated rings. The normalized spacial score (nSPS) is 19.6. The number of hydrogen-bond donors (Lipinski definition) is 2. The number of phenolic OH excluding ortho intramolecular Hbond substituents is 1. The third-order valence-corrected chi connectivity index (χ3v) is 3.02. The lowest BCUT2D eigenvalue weighted by molar-refractivity contribution is 0.0779. The Morgan fingerprint density at radius 3 is 2.88 bits per heavy atom. The van der Waals surface area contributed by atoms with Crippen LogP contribution in [-0.2, 0) is 0 Å². The Labute approximate surface area is 98.3 Å². The summed E-state index contributed by atoms with van der Waals surface area (Å²) >= 11 is 0. The van der Waals surface area contributed by atoms with Crippen LogP contribution in [0.3, 0.4) is 0 Å². The van der Waals surface area contributed by atoms with Crippen LogP contribution in [0.25, 0.3) is 0 Å². The van der Waals surface area contributed by atoms with Crippen molar-refractivity contribution in [2.24, 2.45) is 5.92 Å². The van der Waals surface area contributed by atoms with E-state index in [1.807, 2.05) is 0 Å². The number of carbonyl (C=O) groups is 1. The lowest BCUT2D eigenvalue weighted by atomic mass is 10.1. The molecule has 1 aliphatic heterocycles. The van der Waals surface area contributed by atoms with Crippen molar-refractivity contribution in [1.29, 1.82) is 0 Å². The van der Waals surface area contributed by atoms with E-state index in [0.29, 0.717) is 13.1 Å². The minimum atomic E-state index is -0.575. The van der Waals surface area contributed by atoms with Crippen molar-refractivity contribution in [1.82, 2.24) is 4.90 Å². The molecule has 0 radical (unpaired) electrons. The Hall–Kier alpha value is -1.62. The molecule has 0 saturated carbocycles. The standard InChI is InChI=1S/C12H14FNO3/c13-9-1-2-10(11(16)5-9)12(17)14-4-3-8(6-14)7-15/h1-2,5,8,15-16H,3-4,6-7H2/t8-/m0/s1. The second kappa shape index (κ2) is 4.71. The molecule has 1 heterocycles. The van der Waals surface area contributed by atoms with E-state index in [4.69, 9.17) is 5.11 Å². The summed E-state index contributed by atoms with van der Waals surface area (Å²) in [5, 5.41) is 18.5. The van der Waals surface area contributed by atoms with E-state index in [1.165, 1.54) is 6.07 Å². The van der Waals surface area contributed by atoms with Gasteiger partial charge in [-0.1, -0.05) is 0 Å². The SMILES string of the molecule is O=C(c1ccc(F)cc1O)N1CC[C@H](CO)C1. The molecule has 1 atom stereocenters. The van der Waals surface area contributed by atoms with Crippen LogP contribution in [0.1, 0.15) is 16.8 Å². The molecule has 0 bridgehead atoms. The average molecular weight is 239 g/mol. The van der Waals surface area contributed by atoms with Gasteiger partial charge in [-0.2, -0.15) is 0 Å². The van der Waals surface area contributed by atoms with Crippen LogP contribution in [0.15, 0.2) is 18.2 Å². The first-order valence-electron chi connectivity index (χ1n) is 5.50. The zero-order chi connectivity index (χ0) is 12.4. The number of aliphatic hydroxyl groups excluding tert-OH is 1. The maximum absolute atomic E-state index is 12.8. The Bertz CT molecular complexity index is 436. The number of halogens is 1. The first kappa shape index (κ1) is 11.9. The molecular formula is C12H14FNO3. The predicted molar refractivity (Wildman–Crippen MR) is 59.2 cm³/mol. The zero-order valence-electron chi connectivity index (χ0n) is 9.27. The largest absolute Gasteiger partial charge is 0.507 e. The summed E-state index contributed by atoms with van der Waals surface area (Å²) in [5.41, 5.74) is 0.102. The van der Waals surface area contributed by atoms with Crippen molar-refractivity contribution < 1.29 is 19.4 Å². The smallest absolute Gasteiger partial charge is 0.257 e. The Balaban J connectivity index is 2.15. The van der Waals surface area contributed by atoms with E-state index in [2.05, 4.69) is 0 Å². The summed E-state index contributed by atoms with van der Waals surface area (Å²) in [7, 11) is 0. The molecule has 92 valence electrons. The van der Waals surface area contributed by atoms with E-state index in [0.717, 1.165) is 18.6 Å². The number of rotatable bonds is 2. The number of nitrogens with zero attached hydrogens (tertiary/aromatic N) is 1. The molecule has 17 heavy (non-hydrogen) atoms. The molecule has 0 aromatic heterocycles. The van der Waals surface area contributed by atoms with E-state index in [9.17, 15) is 14.3 Å². The minimum absolute atomic E-state index is 0.0547. The van der Waals surface area contributed by atoms with Gasteiger partial charge in [0, 0.05) is 31.7 Å². The van der Waals surface area contributed by atoms with Crippen LogP contribution in [0.4, 0.5) is 4.39 Å². The molecule has 0 unspecified atom stereocenters. The van der Waals surface area contributed by atoms with Crippen molar-refractivity contribution in [2.45, 2.75) is 6.42 Å². The van der Waals surface area contributed by atoms with Crippen LogP contribution in [0.5, 0.6) is 5.75 Å². The quantitative estimate of drug-likeness (QED) is 0.809. The number of benzene rings is 1. The first-order valence-corrected chi connectivity index (χ1v) is 5.50. The highest BCUT2D eigenvalue weighted by atomic mass is 19.1. The molecule has 2 N–H and O–H groups in total. The molecule has 0 aliphatic carbocycles. The second-order valence-electron chi connectivity index (χ2n) is 4.25. The van der Waals surface area contributed by atoms with Crippen molar-refractivity contribution in [3.8, 4) is 5.75 Å². The molecule has 1 amide bonds. The summed E-state index contributed by atoms with van der Waals surface area (Å²) in [4.78, 5) is 13.6. The van der Waals surface area contributed by atoms with Gasteiger partial charge in [-0.3, -0.25) is 4.79 Å². The van der Waals surface area contributed by atoms with Gasteiger partial charge in [0.15, 0.2) is 0 Å². The number of aromatic hydroxyl groups is 1. The van der Waals surface area contributed by atoms with Crippen LogP contribution in [-0.4, -0.2) is 40.7 Å². The highest BCUT2D eigenvalue weighted by Gasteiger charge is 2.27. The lowest BCUT2D eigenvalue weighted by Crippen LogP contribution is -2.29. The summed E-state index contributed by atoms with van der Waals surface area (Å²) in [6.07, 6.45) is 0.754. The molecule has 1 aliphatic rings. The molecule has 2 rings (SSSR count). The zero-order valence-corrected chi connectivity index (χ0v) is 9.27. The lowest BCUT2D eigenvalue weighted by Gasteiger charge is -2.16. The first-order chi connectivity index (χ1) is 8.11. The number of phenols is 1. The molecule has 4 nitrogen and oxygen atoms in total. The highest BCUT2D eigenvalue weighted by molar-refractivity contribution is 5.96. The van der Waals surface area contributed by atoms with Crippen molar-refractivity contribution in [3.05, 3.63) is 29.6 Å². The third-order valence-electron chi connectivity index (χ3n) is 3.02. The van der Waals surface area contributed by atoms with Gasteiger partial charge in [-0.15, -0.1) is 0 Å². The maximum Gasteiger partial charge on any atom is 0.257 e. The number of amides is 1. The topological polar surface area (TPSA) is 60.8 Å². The van der Waals surface area contributed by atoms with E-state index >= 15 is 0 Å². The van der Waals surface area contributed by atoms with Gasteiger partial charge in [-0.05, 0) is 18.6 Å². The summed E-state index contributed by atoms with van der Waals surface area (Å²) in [6, 6.07) is 3.35. The fourth-order valence-electron chi connectivity index (χ4n) is 2.02. The molecule has 5 heteroatoms. The second-order valence-corrected chi connectivity index (χ2v) is 4.25. The van der Waals surface area contributed by atoms with Gasteiger partial charge in [-0.25, -0.2) is 4.39 Å². The molecular weight excluding hydrogens is 225 g/mol. The number of carbonyl (C=O) groups excluding carboxylic acids is 1. The number of hydrogen-bond acceptors (Lipinski definition) is 3. The van der Waals surface area contributed by atoms with Gasteiger partial charge in [0.1, 0.15) is 11.6 Å². The van der Waals surface area contributed by atoms with Gasteiger partial charge < -0.3 is 15.1 Å². The Morgan fingerprint density at radius 2 is 2.29 bits per heavy atom. The maximum atomic E-state index is 12.8. The van der Waals surface area contributed by atoms with Crippen molar-refractivity contribution >= 4 is 5.91 Å². The van der Waals surface area contributed by atoms with Gasteiger partial charge in [0.05, 0.1) is 5.56 Å². The Kier molecular flexibility index (Phi) is 3.28. The van der Waals surface area contributed by atoms with E-state index in [1.54, 1.807) is 4.90 Å². The van der Waals surface area contributed by atoms with Gasteiger partial charge in [0.25, 0.3) is 5.91 Å². The molecule has 1 saturated heterocycles. The van der Waals surface area contributed by atoms with Crippen LogP contribution < -0.4 is 0 Å². The van der Waals surface area contributed by atoms with Crippen LogP contribution >= 0.6 is 0 Å². The van der Waals surface area contributed by atoms with E-state index < -0.39 is 5.82 Å². The molecule has 1 aromatic rings. The number of aliphatic hydroxyl groups is 1. The van der Waals surface area contributed by atoms with Gasteiger partial charge >= 0.3 is 0 Å². The van der Waals surface area contributed by atoms with E-state index in [-0.39, 0.29) is 29.7 Å². The fraction of sp³-hybridized carbons (Fsp3) is 0.417. The van der Waals surface area contributed by atoms with Crippen LogP contribution in [0.2, 0.25) is 0 Å². The predicted octanol–water partition coefficient (Wildman–Crippen LogP) is 0.986. The third kappa shape index (κ3) is 2.39. The van der Waals surface area contributed by atoms with Crippen molar-refractivity contribution in [2.75, 3.05) is 19.7 Å². The fourth-order valence-corrected chi connectivity index (χ4v) is 2.02. The molecule has 1 aromatic carbocycles. The molecule has 0 spiro atoms. The summed E-state index contributed by atoms with van der Waals surface area (Å²) in [5.74, 6) is -1.14. The van der Waals surface area contributed by atoms with Gasteiger partial charge in [0.2, 0.25) is 0 Å². The highest BCUT2D eigenvalue weighted by Crippen LogP contribution is 2.23. The average Bonchev–Trinajstić information content (AvgIpc) is 2.76. The van der Waals surface area contributed by atoms with Crippen molar-refractivity contribution in [3.63, 3.8) is 0 Å². The van der Waals surface area contributed by atoms with Crippen LogP contribution in [0, 0.1) is 11.7 Å². The Morgan fingerprint density at radius 1 is 1.53 bits per heavy atom.